The van der Waals surface area contributed by atoms with Crippen LogP contribution >= 0.6 is 11.8 Å². The molecule has 152 valence electrons. The maximum Gasteiger partial charge on any atom is 0.232 e. The fraction of sp³-hybridized carbons (Fsp3) is 0.600. The van der Waals surface area contributed by atoms with Gasteiger partial charge in [-0.2, -0.15) is 0 Å². The average molecular weight is 407 g/mol. The van der Waals surface area contributed by atoms with Crippen LogP contribution in [0.15, 0.2) is 23.1 Å². The van der Waals surface area contributed by atoms with Crippen molar-refractivity contribution in [2.75, 3.05) is 58.4 Å². The van der Waals surface area contributed by atoms with E-state index in [1.54, 1.807) is 0 Å². The van der Waals surface area contributed by atoms with Gasteiger partial charge in [-0.25, -0.2) is 0 Å². The van der Waals surface area contributed by atoms with Gasteiger partial charge in [0.2, 0.25) is 11.8 Å². The molecule has 3 heterocycles. The summed E-state index contributed by atoms with van der Waals surface area (Å²) < 4.78 is 16.4. The van der Waals surface area contributed by atoms with E-state index < -0.39 is 0 Å². The molecular weight excluding hydrogens is 380 g/mol. The minimum atomic E-state index is 0.0348. The number of hydrogen-bond acceptors (Lipinski definition) is 6. The third kappa shape index (κ3) is 4.55. The number of morpholine rings is 1. The van der Waals surface area contributed by atoms with Crippen molar-refractivity contribution in [3.05, 3.63) is 18.2 Å². The van der Waals surface area contributed by atoms with Crippen LogP contribution in [0.1, 0.15) is 12.8 Å². The highest BCUT2D eigenvalue weighted by Gasteiger charge is 2.30. The third-order valence-corrected chi connectivity index (χ3v) is 6.37. The summed E-state index contributed by atoms with van der Waals surface area (Å²) in [5.41, 5.74) is 0. The highest BCUT2D eigenvalue weighted by Crippen LogP contribution is 2.34. The maximum atomic E-state index is 12.6. The fourth-order valence-electron chi connectivity index (χ4n) is 3.77. The van der Waals surface area contributed by atoms with Crippen LogP contribution < -0.4 is 9.47 Å². The van der Waals surface area contributed by atoms with Crippen LogP contribution in [0, 0.1) is 5.92 Å². The lowest BCUT2D eigenvalue weighted by atomic mass is 9.95. The highest BCUT2D eigenvalue weighted by atomic mass is 32.2. The molecule has 4 rings (SSSR count). The molecule has 0 unspecified atom stereocenters. The number of fused-ring (bicyclic) bond motifs is 1. The number of carbonyl (C=O) groups excluding carboxylic acids is 2. The molecule has 0 saturated carbocycles. The molecule has 0 radical (unpaired) electrons. The molecular formula is C20H26N2O5S. The van der Waals surface area contributed by atoms with Gasteiger partial charge in [0.25, 0.3) is 0 Å². The first-order valence-electron chi connectivity index (χ1n) is 9.87. The van der Waals surface area contributed by atoms with Gasteiger partial charge in [0, 0.05) is 37.0 Å². The van der Waals surface area contributed by atoms with Crippen molar-refractivity contribution >= 4 is 23.6 Å². The summed E-state index contributed by atoms with van der Waals surface area (Å²) >= 11 is 1.51. The lowest BCUT2D eigenvalue weighted by molar-refractivity contribution is -0.143. The van der Waals surface area contributed by atoms with E-state index in [-0.39, 0.29) is 17.7 Å². The van der Waals surface area contributed by atoms with Crippen LogP contribution in [0.2, 0.25) is 0 Å². The summed E-state index contributed by atoms with van der Waals surface area (Å²) in [5, 5.41) is 0. The molecule has 0 bridgehead atoms. The first-order valence-corrected chi connectivity index (χ1v) is 10.9. The van der Waals surface area contributed by atoms with E-state index in [1.165, 1.54) is 11.8 Å². The summed E-state index contributed by atoms with van der Waals surface area (Å²) in [6, 6.07) is 5.78. The molecule has 3 aliphatic rings. The molecule has 1 aromatic carbocycles. The Hall–Kier alpha value is -1.93. The second-order valence-electron chi connectivity index (χ2n) is 7.19. The Morgan fingerprint density at radius 3 is 2.39 bits per heavy atom. The quantitative estimate of drug-likeness (QED) is 0.709. The zero-order valence-electron chi connectivity index (χ0n) is 15.9. The molecule has 28 heavy (non-hydrogen) atoms. The van der Waals surface area contributed by atoms with Gasteiger partial charge in [-0.05, 0) is 31.0 Å². The minimum Gasteiger partial charge on any atom is -0.486 e. The Morgan fingerprint density at radius 2 is 1.64 bits per heavy atom. The number of hydrogen-bond donors (Lipinski definition) is 0. The average Bonchev–Trinajstić information content (AvgIpc) is 2.77. The number of piperidine rings is 1. The van der Waals surface area contributed by atoms with Gasteiger partial charge >= 0.3 is 0 Å². The number of nitrogens with zero attached hydrogens (tertiary/aromatic N) is 2. The summed E-state index contributed by atoms with van der Waals surface area (Å²) in [4.78, 5) is 30.0. The zero-order valence-corrected chi connectivity index (χ0v) is 16.7. The summed E-state index contributed by atoms with van der Waals surface area (Å²) in [5.74, 6) is 2.27. The Labute approximate surface area is 169 Å². The van der Waals surface area contributed by atoms with Crippen molar-refractivity contribution in [2.24, 2.45) is 5.92 Å². The summed E-state index contributed by atoms with van der Waals surface area (Å²) in [6.45, 7) is 5.05. The SMILES string of the molecule is O=C(CSc1ccc2c(c1)OCCO2)N1CCC(C(=O)N2CCOCC2)CC1. The van der Waals surface area contributed by atoms with Crippen molar-refractivity contribution in [3.63, 3.8) is 0 Å². The van der Waals surface area contributed by atoms with E-state index in [9.17, 15) is 9.59 Å². The Bertz CT molecular complexity index is 715. The third-order valence-electron chi connectivity index (χ3n) is 5.40. The molecule has 0 atom stereocenters. The molecule has 2 saturated heterocycles. The first kappa shape index (κ1) is 19.4. The van der Waals surface area contributed by atoms with Crippen molar-refractivity contribution in [1.29, 1.82) is 0 Å². The molecule has 0 aromatic heterocycles. The molecule has 0 spiro atoms. The lowest BCUT2D eigenvalue weighted by Crippen LogP contribution is -2.47. The smallest absolute Gasteiger partial charge is 0.232 e. The van der Waals surface area contributed by atoms with Crippen molar-refractivity contribution in [1.82, 2.24) is 9.80 Å². The lowest BCUT2D eigenvalue weighted by Gasteiger charge is -2.35. The Kier molecular flexibility index (Phi) is 6.26. The van der Waals surface area contributed by atoms with Gasteiger partial charge in [-0.15, -0.1) is 11.8 Å². The highest BCUT2D eigenvalue weighted by molar-refractivity contribution is 8.00. The van der Waals surface area contributed by atoms with Crippen molar-refractivity contribution in [3.8, 4) is 11.5 Å². The second kappa shape index (κ2) is 9.05. The number of amides is 2. The molecule has 2 fully saturated rings. The van der Waals surface area contributed by atoms with Crippen LogP contribution in [-0.2, 0) is 14.3 Å². The number of likely N-dealkylation sites (tertiary alicyclic amines) is 1. The van der Waals surface area contributed by atoms with Crippen LogP contribution in [0.4, 0.5) is 0 Å². The molecule has 0 aliphatic carbocycles. The first-order chi connectivity index (χ1) is 13.7. The second-order valence-corrected chi connectivity index (χ2v) is 8.24. The molecule has 3 aliphatic heterocycles. The number of rotatable bonds is 4. The van der Waals surface area contributed by atoms with E-state index in [4.69, 9.17) is 14.2 Å². The zero-order chi connectivity index (χ0) is 19.3. The molecule has 7 nitrogen and oxygen atoms in total. The van der Waals surface area contributed by atoms with Crippen LogP contribution in [0.5, 0.6) is 11.5 Å². The summed E-state index contributed by atoms with van der Waals surface area (Å²) in [7, 11) is 0. The largest absolute Gasteiger partial charge is 0.486 e. The van der Waals surface area contributed by atoms with Crippen LogP contribution in [-0.4, -0.2) is 80.0 Å². The van der Waals surface area contributed by atoms with Gasteiger partial charge in [-0.1, -0.05) is 0 Å². The standard InChI is InChI=1S/C20H26N2O5S/c23-19(14-28-16-1-2-17-18(13-16)27-12-11-26-17)21-5-3-15(4-6-21)20(24)22-7-9-25-10-8-22/h1-2,13,15H,3-12,14H2. The molecule has 8 heteroatoms. The topological polar surface area (TPSA) is 68.3 Å². The minimum absolute atomic E-state index is 0.0348. The predicted octanol–water partition coefficient (Wildman–Crippen LogP) is 1.65. The number of ether oxygens (including phenoxy) is 3. The molecule has 0 N–H and O–H groups in total. The van der Waals surface area contributed by atoms with Gasteiger partial charge in [-0.3, -0.25) is 9.59 Å². The predicted molar refractivity (Wildman–Crippen MR) is 105 cm³/mol. The summed E-state index contributed by atoms with van der Waals surface area (Å²) in [6.07, 6.45) is 1.49. The van der Waals surface area contributed by atoms with E-state index in [2.05, 4.69) is 0 Å². The fourth-order valence-corrected chi connectivity index (χ4v) is 4.59. The van der Waals surface area contributed by atoms with Crippen molar-refractivity contribution < 1.29 is 23.8 Å². The van der Waals surface area contributed by atoms with Crippen LogP contribution in [0.3, 0.4) is 0 Å². The van der Waals surface area contributed by atoms with E-state index in [0.29, 0.717) is 58.4 Å². The van der Waals surface area contributed by atoms with Gasteiger partial charge in [0.15, 0.2) is 11.5 Å². The monoisotopic (exact) mass is 406 g/mol. The van der Waals surface area contributed by atoms with E-state index in [0.717, 1.165) is 29.2 Å². The Morgan fingerprint density at radius 1 is 0.929 bits per heavy atom. The maximum absolute atomic E-state index is 12.6. The van der Waals surface area contributed by atoms with Gasteiger partial charge < -0.3 is 24.0 Å². The van der Waals surface area contributed by atoms with Crippen LogP contribution in [0.25, 0.3) is 0 Å². The molecule has 1 aromatic rings. The number of benzene rings is 1. The molecule has 2 amide bonds. The number of carbonyl (C=O) groups is 2. The van der Waals surface area contributed by atoms with Gasteiger partial charge in [0.1, 0.15) is 13.2 Å². The van der Waals surface area contributed by atoms with Gasteiger partial charge in [0.05, 0.1) is 19.0 Å². The normalized spacial score (nSPS) is 20.1. The van der Waals surface area contributed by atoms with Crippen molar-refractivity contribution in [2.45, 2.75) is 17.7 Å². The number of thioether (sulfide) groups is 1. The van der Waals surface area contributed by atoms with E-state index in [1.807, 2.05) is 28.0 Å². The Balaban J connectivity index is 1.23. The van der Waals surface area contributed by atoms with E-state index >= 15 is 0 Å².